The topological polar surface area (TPSA) is 12.0 Å². The summed E-state index contributed by atoms with van der Waals surface area (Å²) in [6, 6.07) is 8.05. The Balaban J connectivity index is 2.13. The van der Waals surface area contributed by atoms with Gasteiger partial charge in [-0.05, 0) is 49.2 Å². The van der Waals surface area contributed by atoms with Crippen LogP contribution >= 0.6 is 15.9 Å². The first-order chi connectivity index (χ1) is 9.99. The summed E-state index contributed by atoms with van der Waals surface area (Å²) in [5.74, 6) is -1.44. The predicted molar refractivity (Wildman–Crippen MR) is 80.7 cm³/mol. The minimum Gasteiger partial charge on any atom is -0.316 e. The monoisotopic (exact) mass is 357 g/mol. The summed E-state index contributed by atoms with van der Waals surface area (Å²) in [5.41, 5.74) is 1.38. The van der Waals surface area contributed by atoms with E-state index in [0.29, 0.717) is 22.9 Å². The number of hydrogen-bond donors (Lipinski definition) is 1. The Morgan fingerprint density at radius 2 is 1.52 bits per heavy atom. The molecule has 2 aromatic carbocycles. The highest BCUT2D eigenvalue weighted by Gasteiger charge is 2.14. The first kappa shape index (κ1) is 16.0. The molecule has 0 aliphatic rings. The van der Waals surface area contributed by atoms with E-state index in [4.69, 9.17) is 0 Å². The Morgan fingerprint density at radius 1 is 0.952 bits per heavy atom. The molecule has 1 atom stereocenters. The van der Waals surface area contributed by atoms with Crippen molar-refractivity contribution < 1.29 is 13.2 Å². The minimum absolute atomic E-state index is 0.0354. The van der Waals surface area contributed by atoms with Gasteiger partial charge in [-0.2, -0.15) is 0 Å². The standard InChI is InChI=1S/C16H15BrF3N/c1-21-14(6-10-2-4-12(18)8-15(10)17)7-11-3-5-13(19)9-16(11)20/h2-5,8-9,14,21H,6-7H2,1H3. The molecule has 1 unspecified atom stereocenters. The van der Waals surface area contributed by atoms with Crippen LogP contribution in [0, 0.1) is 17.5 Å². The highest BCUT2D eigenvalue weighted by molar-refractivity contribution is 9.10. The van der Waals surface area contributed by atoms with Crippen LogP contribution in [0.1, 0.15) is 11.1 Å². The lowest BCUT2D eigenvalue weighted by molar-refractivity contribution is 0.523. The van der Waals surface area contributed by atoms with Gasteiger partial charge in [0.05, 0.1) is 0 Å². The average Bonchev–Trinajstić information content (AvgIpc) is 2.43. The van der Waals surface area contributed by atoms with E-state index in [9.17, 15) is 13.2 Å². The summed E-state index contributed by atoms with van der Waals surface area (Å²) < 4.78 is 40.4. The molecule has 0 aromatic heterocycles. The second kappa shape index (κ2) is 7.09. The van der Waals surface area contributed by atoms with Gasteiger partial charge in [0.15, 0.2) is 0 Å². The average molecular weight is 358 g/mol. The summed E-state index contributed by atoms with van der Waals surface area (Å²) in [7, 11) is 1.78. The van der Waals surface area contributed by atoms with Crippen LogP contribution in [-0.4, -0.2) is 13.1 Å². The predicted octanol–water partition coefficient (Wildman–Crippen LogP) is 4.24. The van der Waals surface area contributed by atoms with E-state index < -0.39 is 11.6 Å². The van der Waals surface area contributed by atoms with E-state index in [1.54, 1.807) is 13.1 Å². The molecule has 1 N–H and O–H groups in total. The van der Waals surface area contributed by atoms with Crippen molar-refractivity contribution in [3.63, 3.8) is 0 Å². The number of rotatable bonds is 5. The fraction of sp³-hybridized carbons (Fsp3) is 0.250. The molecule has 0 amide bonds. The molecule has 0 aliphatic heterocycles. The van der Waals surface area contributed by atoms with Gasteiger partial charge in [-0.3, -0.25) is 0 Å². The highest BCUT2D eigenvalue weighted by atomic mass is 79.9. The van der Waals surface area contributed by atoms with Gasteiger partial charge in [0.1, 0.15) is 17.5 Å². The van der Waals surface area contributed by atoms with Crippen LogP contribution in [0.25, 0.3) is 0 Å². The van der Waals surface area contributed by atoms with Gasteiger partial charge in [0.2, 0.25) is 0 Å². The molecule has 21 heavy (non-hydrogen) atoms. The Labute approximate surface area is 130 Å². The number of benzene rings is 2. The van der Waals surface area contributed by atoms with Gasteiger partial charge >= 0.3 is 0 Å². The van der Waals surface area contributed by atoms with Crippen molar-refractivity contribution in [1.29, 1.82) is 0 Å². The van der Waals surface area contributed by atoms with Gasteiger partial charge < -0.3 is 5.32 Å². The molecule has 5 heteroatoms. The summed E-state index contributed by atoms with van der Waals surface area (Å²) in [4.78, 5) is 0. The van der Waals surface area contributed by atoms with Crippen molar-refractivity contribution in [3.05, 3.63) is 69.4 Å². The Hall–Kier alpha value is -1.33. The van der Waals surface area contributed by atoms with E-state index in [-0.39, 0.29) is 11.9 Å². The van der Waals surface area contributed by atoms with Crippen molar-refractivity contribution in [2.24, 2.45) is 0 Å². The van der Waals surface area contributed by atoms with Crippen molar-refractivity contribution in [2.75, 3.05) is 7.05 Å². The molecular weight excluding hydrogens is 343 g/mol. The minimum atomic E-state index is -0.585. The van der Waals surface area contributed by atoms with Crippen LogP contribution in [0.15, 0.2) is 40.9 Å². The van der Waals surface area contributed by atoms with Crippen molar-refractivity contribution in [1.82, 2.24) is 5.32 Å². The molecule has 0 saturated carbocycles. The maximum atomic E-state index is 13.7. The third-order valence-corrected chi connectivity index (χ3v) is 4.11. The van der Waals surface area contributed by atoms with Gasteiger partial charge in [0.25, 0.3) is 0 Å². The number of likely N-dealkylation sites (N-methyl/N-ethyl adjacent to an activating group) is 1. The zero-order valence-corrected chi connectivity index (χ0v) is 13.1. The maximum absolute atomic E-state index is 13.7. The molecular formula is C16H15BrF3N. The number of halogens is 4. The van der Waals surface area contributed by atoms with Crippen LogP contribution in [0.3, 0.4) is 0 Å². The quantitative estimate of drug-likeness (QED) is 0.843. The SMILES string of the molecule is CNC(Cc1ccc(F)cc1F)Cc1ccc(F)cc1Br. The molecule has 0 aliphatic carbocycles. The highest BCUT2D eigenvalue weighted by Crippen LogP contribution is 2.21. The summed E-state index contributed by atoms with van der Waals surface area (Å²) in [6.45, 7) is 0. The zero-order valence-electron chi connectivity index (χ0n) is 11.5. The fourth-order valence-electron chi connectivity index (χ4n) is 2.18. The van der Waals surface area contributed by atoms with E-state index in [1.165, 1.54) is 24.3 Å². The van der Waals surface area contributed by atoms with Crippen molar-refractivity contribution in [2.45, 2.75) is 18.9 Å². The molecule has 0 saturated heterocycles. The van der Waals surface area contributed by atoms with E-state index in [2.05, 4.69) is 21.2 Å². The molecule has 2 rings (SSSR count). The molecule has 0 bridgehead atoms. The van der Waals surface area contributed by atoms with Crippen molar-refractivity contribution in [3.8, 4) is 0 Å². The van der Waals surface area contributed by atoms with Gasteiger partial charge in [-0.25, -0.2) is 13.2 Å². The largest absolute Gasteiger partial charge is 0.316 e. The molecule has 1 nitrogen and oxygen atoms in total. The lowest BCUT2D eigenvalue weighted by Gasteiger charge is -2.17. The summed E-state index contributed by atoms with van der Waals surface area (Å²) >= 11 is 3.32. The lowest BCUT2D eigenvalue weighted by atomic mass is 9.98. The third-order valence-electron chi connectivity index (χ3n) is 3.37. The number of hydrogen-bond acceptors (Lipinski definition) is 1. The van der Waals surface area contributed by atoms with E-state index >= 15 is 0 Å². The van der Waals surface area contributed by atoms with Crippen LogP contribution in [0.4, 0.5) is 13.2 Å². The first-order valence-electron chi connectivity index (χ1n) is 6.54. The van der Waals surface area contributed by atoms with Crippen molar-refractivity contribution >= 4 is 15.9 Å². The second-order valence-electron chi connectivity index (χ2n) is 4.87. The Morgan fingerprint density at radius 3 is 2.10 bits per heavy atom. The van der Waals surface area contributed by atoms with Crippen LogP contribution in [0.5, 0.6) is 0 Å². The number of nitrogens with one attached hydrogen (secondary N) is 1. The molecule has 0 heterocycles. The van der Waals surface area contributed by atoms with Crippen LogP contribution < -0.4 is 5.32 Å². The smallest absolute Gasteiger partial charge is 0.129 e. The zero-order chi connectivity index (χ0) is 15.4. The van der Waals surface area contributed by atoms with Crippen LogP contribution in [0.2, 0.25) is 0 Å². The van der Waals surface area contributed by atoms with Gasteiger partial charge in [0, 0.05) is 16.6 Å². The summed E-state index contributed by atoms with van der Waals surface area (Å²) in [5, 5.41) is 3.11. The fourth-order valence-corrected chi connectivity index (χ4v) is 2.69. The molecule has 2 aromatic rings. The molecule has 0 fully saturated rings. The third kappa shape index (κ3) is 4.32. The van der Waals surface area contributed by atoms with Gasteiger partial charge in [-0.15, -0.1) is 0 Å². The second-order valence-corrected chi connectivity index (χ2v) is 5.72. The van der Waals surface area contributed by atoms with Crippen LogP contribution in [-0.2, 0) is 12.8 Å². The first-order valence-corrected chi connectivity index (χ1v) is 7.34. The Kier molecular flexibility index (Phi) is 5.42. The van der Waals surface area contributed by atoms with E-state index in [1.807, 2.05) is 0 Å². The van der Waals surface area contributed by atoms with E-state index in [0.717, 1.165) is 11.6 Å². The summed E-state index contributed by atoms with van der Waals surface area (Å²) in [6.07, 6.45) is 1.03. The lowest BCUT2D eigenvalue weighted by Crippen LogP contribution is -2.30. The van der Waals surface area contributed by atoms with Gasteiger partial charge in [-0.1, -0.05) is 28.1 Å². The normalized spacial score (nSPS) is 12.4. The molecule has 0 spiro atoms. The molecule has 0 radical (unpaired) electrons. The maximum Gasteiger partial charge on any atom is 0.129 e. The Bertz CT molecular complexity index is 577. The molecule has 112 valence electrons.